The van der Waals surface area contributed by atoms with E-state index in [4.69, 9.17) is 11.6 Å². The van der Waals surface area contributed by atoms with E-state index in [0.29, 0.717) is 0 Å². The Labute approximate surface area is 158 Å². The van der Waals surface area contributed by atoms with Gasteiger partial charge < -0.3 is 0 Å². The normalized spacial score (nSPS) is 15.8. The van der Waals surface area contributed by atoms with E-state index in [-0.39, 0.29) is 5.92 Å². The van der Waals surface area contributed by atoms with Crippen molar-refractivity contribution < 1.29 is 0 Å². The number of aromatic nitrogens is 3. The summed E-state index contributed by atoms with van der Waals surface area (Å²) in [6.45, 7) is 0. The molecule has 1 aliphatic carbocycles. The molecule has 1 aliphatic rings. The molecule has 3 nitrogen and oxygen atoms in total. The number of halogens is 2. The summed E-state index contributed by atoms with van der Waals surface area (Å²) in [7, 11) is 0. The maximum Gasteiger partial charge on any atom is 0.157 e. The van der Waals surface area contributed by atoms with Gasteiger partial charge in [0.1, 0.15) is 4.60 Å². The van der Waals surface area contributed by atoms with E-state index < -0.39 is 0 Å². The van der Waals surface area contributed by atoms with Gasteiger partial charge in [-0.25, -0.2) is 4.98 Å². The molecule has 0 saturated heterocycles. The third-order valence-electron chi connectivity index (χ3n) is 4.94. The lowest BCUT2D eigenvalue weighted by atomic mass is 9.75. The van der Waals surface area contributed by atoms with Gasteiger partial charge in [-0.2, -0.15) is 5.10 Å². The molecule has 5 rings (SSSR count). The van der Waals surface area contributed by atoms with Gasteiger partial charge in [-0.15, -0.1) is 0 Å². The lowest BCUT2D eigenvalue weighted by molar-refractivity contribution is 0.788. The van der Waals surface area contributed by atoms with Crippen LogP contribution in [0.3, 0.4) is 0 Å². The van der Waals surface area contributed by atoms with Crippen molar-refractivity contribution in [2.45, 2.75) is 12.3 Å². The predicted octanol–water partition coefficient (Wildman–Crippen LogP) is 5.73. The second-order valence-corrected chi connectivity index (χ2v) is 7.41. The molecule has 122 valence electrons. The molecule has 1 unspecified atom stereocenters. The van der Waals surface area contributed by atoms with Crippen LogP contribution in [0.15, 0.2) is 59.3 Å². The van der Waals surface area contributed by atoms with Crippen LogP contribution >= 0.6 is 27.5 Å². The van der Waals surface area contributed by atoms with Crippen LogP contribution in [0.4, 0.5) is 0 Å². The first-order valence-corrected chi connectivity index (χ1v) is 9.26. The van der Waals surface area contributed by atoms with Gasteiger partial charge in [0.25, 0.3) is 0 Å². The summed E-state index contributed by atoms with van der Waals surface area (Å²) < 4.78 is 0.866. The van der Waals surface area contributed by atoms with Gasteiger partial charge in [0.15, 0.2) is 5.65 Å². The number of pyridine rings is 1. The number of fused-ring (bicyclic) bond motifs is 5. The highest BCUT2D eigenvalue weighted by Gasteiger charge is 2.30. The Balaban J connectivity index is 1.84. The van der Waals surface area contributed by atoms with Crippen LogP contribution in [-0.2, 0) is 6.42 Å². The molecule has 0 spiro atoms. The minimum absolute atomic E-state index is 0.208. The van der Waals surface area contributed by atoms with Crippen LogP contribution in [0, 0.1) is 0 Å². The number of nitrogens with zero attached hydrogens (tertiary/aromatic N) is 2. The molecule has 2 aromatic carbocycles. The molecule has 4 aromatic rings. The first kappa shape index (κ1) is 15.1. The van der Waals surface area contributed by atoms with Crippen LogP contribution in [0.25, 0.3) is 22.2 Å². The van der Waals surface area contributed by atoms with Crippen LogP contribution in [0.1, 0.15) is 22.6 Å². The van der Waals surface area contributed by atoms with E-state index in [1.54, 1.807) is 0 Å². The van der Waals surface area contributed by atoms with E-state index in [1.165, 1.54) is 22.3 Å². The van der Waals surface area contributed by atoms with E-state index in [1.807, 2.05) is 24.4 Å². The van der Waals surface area contributed by atoms with Crippen molar-refractivity contribution in [3.05, 3.63) is 81.0 Å². The van der Waals surface area contributed by atoms with Crippen LogP contribution in [0.5, 0.6) is 0 Å². The van der Waals surface area contributed by atoms with Crippen molar-refractivity contribution in [2.75, 3.05) is 0 Å². The van der Waals surface area contributed by atoms with E-state index >= 15 is 0 Å². The standard InChI is InChI=1S/C20H13BrClN3/c21-19-15-9-14(12-6-3-4-8-17(12)22)11-5-1-2-7-13(11)18(15)16-10-23-25-20(16)24-19/h1-8,10,14H,9H2,(H,23,24,25). The van der Waals surface area contributed by atoms with Gasteiger partial charge in [0.2, 0.25) is 0 Å². The molecule has 0 fully saturated rings. The lowest BCUT2D eigenvalue weighted by Gasteiger charge is -2.29. The Morgan fingerprint density at radius 2 is 1.80 bits per heavy atom. The highest BCUT2D eigenvalue weighted by atomic mass is 79.9. The summed E-state index contributed by atoms with van der Waals surface area (Å²) in [4.78, 5) is 4.64. The fourth-order valence-electron chi connectivity index (χ4n) is 3.85. The average Bonchev–Trinajstić information content (AvgIpc) is 3.09. The molecule has 1 atom stereocenters. The quantitative estimate of drug-likeness (QED) is 0.407. The second-order valence-electron chi connectivity index (χ2n) is 6.25. The lowest BCUT2D eigenvalue weighted by Crippen LogP contribution is -2.14. The third kappa shape index (κ3) is 2.25. The van der Waals surface area contributed by atoms with Gasteiger partial charge in [-0.05, 0) is 50.7 Å². The molecule has 5 heteroatoms. The van der Waals surface area contributed by atoms with Gasteiger partial charge in [0, 0.05) is 21.9 Å². The Morgan fingerprint density at radius 3 is 2.64 bits per heavy atom. The Kier molecular flexibility index (Phi) is 3.43. The number of hydrogen-bond donors (Lipinski definition) is 1. The minimum atomic E-state index is 0.208. The van der Waals surface area contributed by atoms with Crippen molar-refractivity contribution in [3.63, 3.8) is 0 Å². The third-order valence-corrected chi connectivity index (χ3v) is 5.94. The molecule has 1 N–H and O–H groups in total. The number of rotatable bonds is 1. The van der Waals surface area contributed by atoms with Crippen LogP contribution in [0.2, 0.25) is 5.02 Å². The highest BCUT2D eigenvalue weighted by molar-refractivity contribution is 9.10. The number of aromatic amines is 1. The number of H-pyrrole nitrogens is 1. The van der Waals surface area contributed by atoms with Crippen molar-refractivity contribution in [2.24, 2.45) is 0 Å². The number of benzene rings is 2. The molecular weight excluding hydrogens is 398 g/mol. The zero-order valence-corrected chi connectivity index (χ0v) is 15.5. The van der Waals surface area contributed by atoms with Gasteiger partial charge >= 0.3 is 0 Å². The summed E-state index contributed by atoms with van der Waals surface area (Å²) >= 11 is 10.2. The Hall–Kier alpha value is -2.17. The largest absolute Gasteiger partial charge is 0.261 e. The predicted molar refractivity (Wildman–Crippen MR) is 104 cm³/mol. The van der Waals surface area contributed by atoms with Crippen molar-refractivity contribution >= 4 is 38.6 Å². The first-order chi connectivity index (χ1) is 12.2. The molecule has 0 aliphatic heterocycles. The topological polar surface area (TPSA) is 41.6 Å². The molecule has 0 radical (unpaired) electrons. The maximum absolute atomic E-state index is 6.53. The summed E-state index contributed by atoms with van der Waals surface area (Å²) in [5.41, 5.74) is 6.90. The molecule has 2 heterocycles. The number of nitrogens with one attached hydrogen (secondary N) is 1. The van der Waals surface area contributed by atoms with Crippen molar-refractivity contribution in [1.82, 2.24) is 15.2 Å². The first-order valence-electron chi connectivity index (χ1n) is 8.09. The van der Waals surface area contributed by atoms with Gasteiger partial charge in [-0.1, -0.05) is 54.1 Å². The maximum atomic E-state index is 6.53. The van der Waals surface area contributed by atoms with Crippen molar-refractivity contribution in [3.8, 4) is 11.1 Å². The molecule has 0 saturated carbocycles. The molecule has 25 heavy (non-hydrogen) atoms. The fourth-order valence-corrected chi connectivity index (χ4v) is 4.66. The molecule has 0 bridgehead atoms. The van der Waals surface area contributed by atoms with E-state index in [0.717, 1.165) is 32.6 Å². The zero-order chi connectivity index (χ0) is 17.0. The summed E-state index contributed by atoms with van der Waals surface area (Å²) in [6.07, 6.45) is 2.71. The second kappa shape index (κ2) is 5.68. The molecule has 0 amide bonds. The Bertz CT molecular complexity index is 1120. The SMILES string of the molecule is Clc1ccccc1C1Cc2c(Br)nc3[nH]ncc3c2-c2ccccc21. The minimum Gasteiger partial charge on any atom is -0.261 e. The monoisotopic (exact) mass is 409 g/mol. The summed E-state index contributed by atoms with van der Waals surface area (Å²) in [6, 6.07) is 16.7. The average molecular weight is 411 g/mol. The summed E-state index contributed by atoms with van der Waals surface area (Å²) in [5.74, 6) is 0.208. The van der Waals surface area contributed by atoms with E-state index in [2.05, 4.69) is 61.4 Å². The Morgan fingerprint density at radius 1 is 1.04 bits per heavy atom. The molecule has 2 aromatic heterocycles. The highest BCUT2D eigenvalue weighted by Crippen LogP contribution is 2.47. The van der Waals surface area contributed by atoms with Gasteiger partial charge in [-0.3, -0.25) is 5.10 Å². The summed E-state index contributed by atoms with van der Waals surface area (Å²) in [5, 5.41) is 9.03. The zero-order valence-electron chi connectivity index (χ0n) is 13.1. The molecular formula is C20H13BrClN3. The van der Waals surface area contributed by atoms with Crippen LogP contribution < -0.4 is 0 Å². The smallest absolute Gasteiger partial charge is 0.157 e. The number of hydrogen-bond acceptors (Lipinski definition) is 2. The van der Waals surface area contributed by atoms with E-state index in [9.17, 15) is 0 Å². The van der Waals surface area contributed by atoms with Crippen LogP contribution in [-0.4, -0.2) is 15.2 Å². The van der Waals surface area contributed by atoms with Gasteiger partial charge in [0.05, 0.1) is 6.20 Å². The fraction of sp³-hybridized carbons (Fsp3) is 0.100. The van der Waals surface area contributed by atoms with Crippen molar-refractivity contribution in [1.29, 1.82) is 0 Å².